The smallest absolute Gasteiger partial charge is 0.306 e. The summed E-state index contributed by atoms with van der Waals surface area (Å²) in [5.74, 6) is -0.855. The van der Waals surface area contributed by atoms with Gasteiger partial charge in [-0.05, 0) is 18.8 Å². The molecule has 1 N–H and O–H groups in total. The van der Waals surface area contributed by atoms with E-state index in [9.17, 15) is 9.59 Å². The maximum Gasteiger partial charge on any atom is 0.306 e. The van der Waals surface area contributed by atoms with Crippen LogP contribution in [0.5, 0.6) is 0 Å². The molecule has 2 unspecified atom stereocenters. The first-order valence-corrected chi connectivity index (χ1v) is 4.35. The fourth-order valence-electron chi connectivity index (χ4n) is 1.69. The highest BCUT2D eigenvalue weighted by atomic mass is 16.4. The van der Waals surface area contributed by atoms with Crippen LogP contribution in [-0.2, 0) is 9.59 Å². The lowest BCUT2D eigenvalue weighted by atomic mass is 9.80. The first kappa shape index (κ1) is 9.23. The number of carbonyl (C=O) groups is 2. The highest BCUT2D eigenvalue weighted by molar-refractivity contribution is 5.80. The van der Waals surface area contributed by atoms with Crippen LogP contribution in [0, 0.1) is 11.8 Å². The van der Waals surface area contributed by atoms with Gasteiger partial charge in [0.2, 0.25) is 0 Å². The standard InChI is InChI=1S/C9H14O3/c1-6(9(11)12)7-3-2-4-8(10)5-7/h6-7H,2-5H2,1H3,(H,11,12). The van der Waals surface area contributed by atoms with Crippen LogP contribution in [0.3, 0.4) is 0 Å². The van der Waals surface area contributed by atoms with E-state index in [0.29, 0.717) is 12.8 Å². The molecule has 0 aromatic heterocycles. The lowest BCUT2D eigenvalue weighted by Gasteiger charge is -2.23. The van der Waals surface area contributed by atoms with E-state index in [1.807, 2.05) is 0 Å². The van der Waals surface area contributed by atoms with Crippen LogP contribution < -0.4 is 0 Å². The minimum Gasteiger partial charge on any atom is -0.481 e. The molecule has 0 bridgehead atoms. The second-order valence-electron chi connectivity index (χ2n) is 3.52. The van der Waals surface area contributed by atoms with Gasteiger partial charge in [0.1, 0.15) is 5.78 Å². The van der Waals surface area contributed by atoms with Crippen molar-refractivity contribution in [1.29, 1.82) is 0 Å². The van der Waals surface area contributed by atoms with Gasteiger partial charge >= 0.3 is 5.97 Å². The predicted molar refractivity (Wildman–Crippen MR) is 43.8 cm³/mol. The van der Waals surface area contributed by atoms with Crippen LogP contribution >= 0.6 is 0 Å². The second kappa shape index (κ2) is 3.70. The first-order valence-electron chi connectivity index (χ1n) is 4.35. The third-order valence-corrected chi connectivity index (χ3v) is 2.62. The van der Waals surface area contributed by atoms with Gasteiger partial charge in [-0.3, -0.25) is 9.59 Å². The zero-order valence-corrected chi connectivity index (χ0v) is 7.25. The molecule has 1 fully saturated rings. The quantitative estimate of drug-likeness (QED) is 0.682. The number of ketones is 1. The van der Waals surface area contributed by atoms with Gasteiger partial charge in [0.15, 0.2) is 0 Å². The van der Waals surface area contributed by atoms with Crippen LogP contribution in [0.1, 0.15) is 32.6 Å². The molecule has 0 amide bonds. The normalized spacial score (nSPS) is 26.8. The van der Waals surface area contributed by atoms with E-state index in [1.165, 1.54) is 0 Å². The Balaban J connectivity index is 2.51. The molecular formula is C9H14O3. The Morgan fingerprint density at radius 1 is 1.67 bits per heavy atom. The van der Waals surface area contributed by atoms with Crippen molar-refractivity contribution in [1.82, 2.24) is 0 Å². The van der Waals surface area contributed by atoms with Gasteiger partial charge in [-0.1, -0.05) is 6.92 Å². The summed E-state index contributed by atoms with van der Waals surface area (Å²) in [6.45, 7) is 1.69. The molecule has 0 aromatic rings. The maximum atomic E-state index is 11.0. The zero-order valence-electron chi connectivity index (χ0n) is 7.25. The topological polar surface area (TPSA) is 54.4 Å². The van der Waals surface area contributed by atoms with E-state index in [2.05, 4.69) is 0 Å². The third-order valence-electron chi connectivity index (χ3n) is 2.62. The lowest BCUT2D eigenvalue weighted by molar-refractivity contribution is -0.143. The van der Waals surface area contributed by atoms with Crippen LogP contribution in [0.15, 0.2) is 0 Å². The first-order chi connectivity index (χ1) is 5.61. The van der Waals surface area contributed by atoms with E-state index in [-0.39, 0.29) is 17.6 Å². The molecule has 3 nitrogen and oxygen atoms in total. The van der Waals surface area contributed by atoms with Gasteiger partial charge in [0.25, 0.3) is 0 Å². The van der Waals surface area contributed by atoms with Gasteiger partial charge in [-0.15, -0.1) is 0 Å². The largest absolute Gasteiger partial charge is 0.481 e. The van der Waals surface area contributed by atoms with E-state index in [1.54, 1.807) is 6.92 Å². The Bertz CT molecular complexity index is 196. The molecular weight excluding hydrogens is 156 g/mol. The highest BCUT2D eigenvalue weighted by Crippen LogP contribution is 2.27. The van der Waals surface area contributed by atoms with Crippen LogP contribution in [-0.4, -0.2) is 16.9 Å². The molecule has 0 spiro atoms. The molecule has 0 aromatic carbocycles. The van der Waals surface area contributed by atoms with Gasteiger partial charge in [-0.2, -0.15) is 0 Å². The van der Waals surface area contributed by atoms with Crippen molar-refractivity contribution in [2.75, 3.05) is 0 Å². The van der Waals surface area contributed by atoms with Gasteiger partial charge in [-0.25, -0.2) is 0 Å². The van der Waals surface area contributed by atoms with E-state index < -0.39 is 5.97 Å². The van der Waals surface area contributed by atoms with E-state index >= 15 is 0 Å². The average Bonchev–Trinajstić information content (AvgIpc) is 2.03. The van der Waals surface area contributed by atoms with Crippen molar-refractivity contribution in [3.63, 3.8) is 0 Å². The van der Waals surface area contributed by atoms with E-state index in [0.717, 1.165) is 12.8 Å². The maximum absolute atomic E-state index is 11.0. The molecule has 3 heteroatoms. The summed E-state index contributed by atoms with van der Waals surface area (Å²) in [6.07, 6.45) is 2.86. The third kappa shape index (κ3) is 2.06. The molecule has 12 heavy (non-hydrogen) atoms. The minimum absolute atomic E-state index is 0.0729. The molecule has 2 atom stereocenters. The number of rotatable bonds is 2. The predicted octanol–water partition coefficient (Wildman–Crippen LogP) is 1.47. The molecule has 0 heterocycles. The van der Waals surface area contributed by atoms with Crippen LogP contribution in [0.2, 0.25) is 0 Å². The Hall–Kier alpha value is -0.860. The number of carbonyl (C=O) groups excluding carboxylic acids is 1. The van der Waals surface area contributed by atoms with Crippen molar-refractivity contribution in [3.8, 4) is 0 Å². The minimum atomic E-state index is -0.783. The molecule has 0 saturated heterocycles. The lowest BCUT2D eigenvalue weighted by Crippen LogP contribution is -2.26. The van der Waals surface area contributed by atoms with Crippen molar-refractivity contribution >= 4 is 11.8 Å². The van der Waals surface area contributed by atoms with Gasteiger partial charge in [0, 0.05) is 12.8 Å². The zero-order chi connectivity index (χ0) is 9.14. The van der Waals surface area contributed by atoms with Crippen molar-refractivity contribution in [3.05, 3.63) is 0 Å². The summed E-state index contributed by atoms with van der Waals surface area (Å²) in [5, 5.41) is 8.71. The molecule has 0 radical (unpaired) electrons. The molecule has 1 aliphatic carbocycles. The number of carboxylic acids is 1. The average molecular weight is 170 g/mol. The fraction of sp³-hybridized carbons (Fsp3) is 0.778. The van der Waals surface area contributed by atoms with Gasteiger partial charge < -0.3 is 5.11 Å². The Kier molecular flexibility index (Phi) is 2.84. The Morgan fingerprint density at radius 2 is 2.33 bits per heavy atom. The van der Waals surface area contributed by atoms with Crippen molar-refractivity contribution < 1.29 is 14.7 Å². The van der Waals surface area contributed by atoms with Crippen molar-refractivity contribution in [2.24, 2.45) is 11.8 Å². The number of hydrogen-bond donors (Lipinski definition) is 1. The number of hydrogen-bond acceptors (Lipinski definition) is 2. The van der Waals surface area contributed by atoms with Crippen LogP contribution in [0.4, 0.5) is 0 Å². The van der Waals surface area contributed by atoms with Crippen LogP contribution in [0.25, 0.3) is 0 Å². The summed E-state index contributed by atoms with van der Waals surface area (Å²) >= 11 is 0. The molecule has 1 saturated carbocycles. The Labute approximate surface area is 71.8 Å². The number of Topliss-reactive ketones (excluding diaryl/α,β-unsaturated/α-hetero) is 1. The molecule has 1 aliphatic rings. The summed E-state index contributed by atoms with van der Waals surface area (Å²) in [5.41, 5.74) is 0. The summed E-state index contributed by atoms with van der Waals surface area (Å²) in [6, 6.07) is 0. The summed E-state index contributed by atoms with van der Waals surface area (Å²) in [7, 11) is 0. The molecule has 0 aliphatic heterocycles. The molecule has 68 valence electrons. The SMILES string of the molecule is CC(C(=O)O)C1CCCC(=O)C1. The highest BCUT2D eigenvalue weighted by Gasteiger charge is 2.28. The summed E-state index contributed by atoms with van der Waals surface area (Å²) in [4.78, 5) is 21.6. The van der Waals surface area contributed by atoms with Crippen molar-refractivity contribution in [2.45, 2.75) is 32.6 Å². The fourth-order valence-corrected chi connectivity index (χ4v) is 1.69. The van der Waals surface area contributed by atoms with E-state index in [4.69, 9.17) is 5.11 Å². The molecule has 1 rings (SSSR count). The monoisotopic (exact) mass is 170 g/mol. The Morgan fingerprint density at radius 3 is 2.83 bits per heavy atom. The number of aliphatic carboxylic acids is 1. The second-order valence-corrected chi connectivity index (χ2v) is 3.52. The van der Waals surface area contributed by atoms with Gasteiger partial charge in [0.05, 0.1) is 5.92 Å². The summed E-state index contributed by atoms with van der Waals surface area (Å²) < 4.78 is 0. The number of carboxylic acid groups (broad SMARTS) is 1.